The molecule has 1 aliphatic heterocycles. The Kier molecular flexibility index (Phi) is 5.53. The second kappa shape index (κ2) is 8.29. The van der Waals surface area contributed by atoms with E-state index in [4.69, 9.17) is 9.47 Å². The zero-order valence-electron chi connectivity index (χ0n) is 16.4. The molecule has 0 spiro atoms. The first-order valence-corrected chi connectivity index (χ1v) is 9.45. The zero-order valence-corrected chi connectivity index (χ0v) is 16.4. The fourth-order valence-corrected chi connectivity index (χ4v) is 3.28. The molecule has 2 heterocycles. The van der Waals surface area contributed by atoms with Crippen LogP contribution in [0.1, 0.15) is 22.7 Å². The van der Waals surface area contributed by atoms with Crippen LogP contribution in [0, 0.1) is 0 Å². The highest BCUT2D eigenvalue weighted by molar-refractivity contribution is 5.94. The predicted octanol–water partition coefficient (Wildman–Crippen LogP) is 4.06. The highest BCUT2D eigenvalue weighted by atomic mass is 19.4. The number of aromatic nitrogens is 2. The minimum absolute atomic E-state index is 0.0991. The molecule has 0 unspecified atom stereocenters. The summed E-state index contributed by atoms with van der Waals surface area (Å²) >= 11 is 0. The number of hydrogen-bond donors (Lipinski definition) is 0. The van der Waals surface area contributed by atoms with E-state index in [1.54, 1.807) is 60.5 Å². The van der Waals surface area contributed by atoms with Gasteiger partial charge in [0.25, 0.3) is 5.91 Å². The van der Waals surface area contributed by atoms with Gasteiger partial charge in [0.1, 0.15) is 17.6 Å². The molecule has 0 bridgehead atoms. The number of hydrogen-bond acceptors (Lipinski definition) is 6. The molecule has 7 nitrogen and oxygen atoms in total. The summed E-state index contributed by atoms with van der Waals surface area (Å²) in [6.07, 6.45) is -4.22. The lowest BCUT2D eigenvalue weighted by atomic mass is 10.2. The summed E-state index contributed by atoms with van der Waals surface area (Å²) in [5.74, 6) is -0.506. The highest BCUT2D eigenvalue weighted by Gasteiger charge is 2.38. The lowest BCUT2D eigenvalue weighted by Crippen LogP contribution is -2.30. The second-order valence-electron chi connectivity index (χ2n) is 6.96. The van der Waals surface area contributed by atoms with Crippen LogP contribution in [-0.2, 0) is 6.18 Å². The molecular formula is C21H18F3N3O4. The van der Waals surface area contributed by atoms with E-state index in [-0.39, 0.29) is 17.8 Å². The summed E-state index contributed by atoms with van der Waals surface area (Å²) in [5.41, 5.74) is 0.913. The molecule has 4 rings (SSSR count). The summed E-state index contributed by atoms with van der Waals surface area (Å²) in [4.78, 5) is 17.8. The molecule has 1 atom stereocenters. The molecule has 31 heavy (non-hydrogen) atoms. The summed E-state index contributed by atoms with van der Waals surface area (Å²) in [6.45, 7) is 0.986. The largest absolute Gasteiger partial charge is 0.497 e. The van der Waals surface area contributed by atoms with E-state index in [9.17, 15) is 18.0 Å². The van der Waals surface area contributed by atoms with E-state index < -0.39 is 12.1 Å². The molecule has 1 amide bonds. The number of alkyl halides is 3. The number of ether oxygens (including phenoxy) is 2. The van der Waals surface area contributed by atoms with Gasteiger partial charge >= 0.3 is 12.1 Å². The SMILES string of the molecule is COc1cccc(C(=O)N2CC[C@@H](Oc3ccc(-c4noc(C(F)(F)F)n4)cc3)C2)c1. The molecule has 1 aliphatic rings. The molecule has 1 aromatic heterocycles. The van der Waals surface area contributed by atoms with Gasteiger partial charge in [0.15, 0.2) is 0 Å². The maximum atomic E-state index is 12.7. The molecule has 3 aromatic rings. The number of benzene rings is 2. The Hall–Kier alpha value is -3.56. The van der Waals surface area contributed by atoms with E-state index in [0.717, 1.165) is 0 Å². The van der Waals surface area contributed by atoms with Crippen molar-refractivity contribution in [3.63, 3.8) is 0 Å². The second-order valence-corrected chi connectivity index (χ2v) is 6.96. The highest BCUT2D eigenvalue weighted by Crippen LogP contribution is 2.30. The number of halogens is 3. The number of amides is 1. The predicted molar refractivity (Wildman–Crippen MR) is 103 cm³/mol. The molecule has 0 saturated carbocycles. The molecule has 162 valence electrons. The summed E-state index contributed by atoms with van der Waals surface area (Å²) in [5, 5.41) is 3.36. The first-order valence-electron chi connectivity index (χ1n) is 9.45. The smallest absolute Gasteiger partial charge is 0.471 e. The number of nitrogens with zero attached hydrogens (tertiary/aromatic N) is 3. The van der Waals surface area contributed by atoms with E-state index in [1.165, 1.54) is 0 Å². The fourth-order valence-electron chi connectivity index (χ4n) is 3.28. The Bertz CT molecular complexity index is 1070. The number of carbonyl (C=O) groups is 1. The number of rotatable bonds is 5. The van der Waals surface area contributed by atoms with Crippen molar-refractivity contribution < 1.29 is 32.0 Å². The van der Waals surface area contributed by atoms with Crippen LogP contribution in [0.5, 0.6) is 11.5 Å². The molecule has 0 N–H and O–H groups in total. The Morgan fingerprint density at radius 2 is 1.94 bits per heavy atom. The Morgan fingerprint density at radius 3 is 2.61 bits per heavy atom. The number of carbonyl (C=O) groups excluding carboxylic acids is 1. The molecule has 2 aromatic carbocycles. The van der Waals surface area contributed by atoms with Gasteiger partial charge in [-0.3, -0.25) is 4.79 Å². The van der Waals surface area contributed by atoms with Gasteiger partial charge in [-0.25, -0.2) is 0 Å². The maximum Gasteiger partial charge on any atom is 0.471 e. The van der Waals surface area contributed by atoms with Crippen molar-refractivity contribution in [3.05, 3.63) is 60.0 Å². The van der Waals surface area contributed by atoms with Gasteiger partial charge in [-0.2, -0.15) is 18.2 Å². The van der Waals surface area contributed by atoms with Gasteiger partial charge in [0.2, 0.25) is 5.82 Å². The van der Waals surface area contributed by atoms with Crippen LogP contribution in [0.3, 0.4) is 0 Å². The van der Waals surface area contributed by atoms with Gasteiger partial charge in [-0.05, 0) is 42.5 Å². The van der Waals surface area contributed by atoms with Gasteiger partial charge < -0.3 is 18.9 Å². The van der Waals surface area contributed by atoms with Crippen molar-refractivity contribution in [2.75, 3.05) is 20.2 Å². The van der Waals surface area contributed by atoms with Crippen molar-refractivity contribution in [1.29, 1.82) is 0 Å². The zero-order chi connectivity index (χ0) is 22.0. The van der Waals surface area contributed by atoms with Crippen molar-refractivity contribution >= 4 is 5.91 Å². The number of methoxy groups -OCH3 is 1. The lowest BCUT2D eigenvalue weighted by Gasteiger charge is -2.17. The minimum Gasteiger partial charge on any atom is -0.497 e. The van der Waals surface area contributed by atoms with E-state index >= 15 is 0 Å². The van der Waals surface area contributed by atoms with Gasteiger partial charge in [0, 0.05) is 24.1 Å². The fraction of sp³-hybridized carbons (Fsp3) is 0.286. The molecule has 0 aliphatic carbocycles. The van der Waals surface area contributed by atoms with Crippen molar-refractivity contribution in [2.45, 2.75) is 18.7 Å². The van der Waals surface area contributed by atoms with Crippen molar-refractivity contribution in [1.82, 2.24) is 15.0 Å². The van der Waals surface area contributed by atoms with Gasteiger partial charge in [-0.1, -0.05) is 11.2 Å². The average molecular weight is 433 g/mol. The molecule has 0 radical (unpaired) electrons. The third kappa shape index (κ3) is 4.62. The maximum absolute atomic E-state index is 12.7. The standard InChI is InChI=1S/C21H18F3N3O4/c1-29-16-4-2-3-14(11-16)19(28)27-10-9-17(12-27)30-15-7-5-13(6-8-15)18-25-20(31-26-18)21(22,23)24/h2-8,11,17H,9-10,12H2,1H3/t17-/m1/s1. The Balaban J connectivity index is 1.37. The van der Waals surface area contributed by atoms with Gasteiger partial charge in [-0.15, -0.1) is 0 Å². The first kappa shape index (κ1) is 20.7. The monoisotopic (exact) mass is 433 g/mol. The number of likely N-dealkylation sites (tertiary alicyclic amines) is 1. The normalized spacial score (nSPS) is 16.4. The molecule has 1 saturated heterocycles. The third-order valence-corrected chi connectivity index (χ3v) is 4.83. The third-order valence-electron chi connectivity index (χ3n) is 4.83. The van der Waals surface area contributed by atoms with Crippen molar-refractivity contribution in [2.24, 2.45) is 0 Å². The van der Waals surface area contributed by atoms with Crippen LogP contribution in [0.15, 0.2) is 53.1 Å². The van der Waals surface area contributed by atoms with Crippen LogP contribution in [0.4, 0.5) is 13.2 Å². The molecule has 1 fully saturated rings. The van der Waals surface area contributed by atoms with Crippen LogP contribution in [0.25, 0.3) is 11.4 Å². The Labute approximate surface area is 175 Å². The average Bonchev–Trinajstić information content (AvgIpc) is 3.44. The van der Waals surface area contributed by atoms with Crippen LogP contribution in [-0.4, -0.2) is 47.3 Å². The van der Waals surface area contributed by atoms with E-state index in [1.807, 2.05) is 0 Å². The quantitative estimate of drug-likeness (QED) is 0.604. The summed E-state index contributed by atoms with van der Waals surface area (Å²) in [6, 6.07) is 13.3. The summed E-state index contributed by atoms with van der Waals surface area (Å²) in [7, 11) is 1.54. The van der Waals surface area contributed by atoms with Crippen LogP contribution < -0.4 is 9.47 Å². The first-order chi connectivity index (χ1) is 14.8. The minimum atomic E-state index is -4.69. The van der Waals surface area contributed by atoms with E-state index in [2.05, 4.69) is 14.7 Å². The van der Waals surface area contributed by atoms with Crippen LogP contribution in [0.2, 0.25) is 0 Å². The topological polar surface area (TPSA) is 77.7 Å². The van der Waals surface area contributed by atoms with Crippen LogP contribution >= 0.6 is 0 Å². The molecular weight excluding hydrogens is 415 g/mol. The summed E-state index contributed by atoms with van der Waals surface area (Å²) < 4.78 is 53.1. The molecule has 10 heteroatoms. The Morgan fingerprint density at radius 1 is 1.16 bits per heavy atom. The van der Waals surface area contributed by atoms with Crippen molar-refractivity contribution in [3.8, 4) is 22.9 Å². The van der Waals surface area contributed by atoms with Gasteiger partial charge in [0.05, 0.1) is 13.7 Å². The lowest BCUT2D eigenvalue weighted by molar-refractivity contribution is -0.159. The van der Waals surface area contributed by atoms with E-state index in [0.29, 0.717) is 42.1 Å².